The van der Waals surface area contributed by atoms with Crippen LogP contribution in [-0.4, -0.2) is 8.41 Å². The molecule has 0 aliphatic rings. The van der Waals surface area contributed by atoms with Crippen LogP contribution in [0.15, 0.2) is 0 Å². The maximum Gasteiger partial charge on any atom is 0 e. The summed E-state index contributed by atoms with van der Waals surface area (Å²) in [6.07, 6.45) is 6.96. The van der Waals surface area contributed by atoms with Crippen LogP contribution in [-0.2, 0) is 0 Å². The Morgan fingerprint density at radius 1 is 0.571 bits per heavy atom. The molecule has 1 heteroatoms. The fourth-order valence-electron chi connectivity index (χ4n) is 1.49. The van der Waals surface area contributed by atoms with E-state index in [1.165, 1.54) is 32.1 Å². The van der Waals surface area contributed by atoms with Crippen molar-refractivity contribution in [2.75, 3.05) is 0 Å². The summed E-state index contributed by atoms with van der Waals surface area (Å²) in [5, 5.41) is 0. The first-order chi connectivity index (χ1) is 5.71. The van der Waals surface area contributed by atoms with E-state index in [2.05, 4.69) is 41.5 Å². The molecular weight excluding hydrogens is 167 g/mol. The first-order valence-electron chi connectivity index (χ1n) is 5.71. The zero-order valence-corrected chi connectivity index (χ0v) is 11.1. The molecule has 0 fully saturated rings. The Labute approximate surface area is 93.4 Å². The van der Waals surface area contributed by atoms with Gasteiger partial charge >= 0.3 is 0 Å². The van der Waals surface area contributed by atoms with Gasteiger partial charge in [0, 0.05) is 8.41 Å². The highest BCUT2D eigenvalue weighted by Crippen LogP contribution is 2.25. The lowest BCUT2D eigenvalue weighted by Crippen LogP contribution is -2.06. The van der Waals surface area contributed by atoms with E-state index in [1.54, 1.807) is 0 Å². The van der Waals surface area contributed by atoms with Crippen LogP contribution >= 0.6 is 0 Å². The van der Waals surface area contributed by atoms with Gasteiger partial charge in [0.15, 0.2) is 0 Å². The van der Waals surface area contributed by atoms with Crippen molar-refractivity contribution in [2.45, 2.75) is 73.6 Å². The van der Waals surface area contributed by atoms with Crippen LogP contribution in [0, 0.1) is 10.8 Å². The van der Waals surface area contributed by atoms with Gasteiger partial charge in [-0.1, -0.05) is 60.8 Å². The highest BCUT2D eigenvalue weighted by molar-refractivity contribution is 5.75. The van der Waals surface area contributed by atoms with E-state index >= 15 is 0 Å². The van der Waals surface area contributed by atoms with Crippen molar-refractivity contribution >= 4 is 8.41 Å². The lowest BCUT2D eigenvalue weighted by Gasteiger charge is -2.20. The quantitative estimate of drug-likeness (QED) is 0.452. The molecule has 83 valence electrons. The molecule has 0 aromatic heterocycles. The van der Waals surface area contributed by atoms with Crippen LogP contribution in [0.4, 0.5) is 0 Å². The van der Waals surface area contributed by atoms with Crippen molar-refractivity contribution in [1.82, 2.24) is 0 Å². The normalized spacial score (nSPS) is 12.4. The summed E-state index contributed by atoms with van der Waals surface area (Å²) < 4.78 is 0. The van der Waals surface area contributed by atoms with Crippen molar-refractivity contribution in [3.63, 3.8) is 0 Å². The second-order valence-electron chi connectivity index (χ2n) is 6.68. The average Bonchev–Trinajstić information content (AvgIpc) is 1.81. The van der Waals surface area contributed by atoms with E-state index in [-0.39, 0.29) is 8.41 Å². The Kier molecular flexibility index (Phi) is 7.69. The van der Waals surface area contributed by atoms with Gasteiger partial charge in [-0.3, -0.25) is 0 Å². The van der Waals surface area contributed by atoms with Crippen molar-refractivity contribution in [1.29, 1.82) is 0 Å². The average molecular weight is 195 g/mol. The molecule has 0 spiro atoms. The molecule has 3 radical (unpaired) electrons. The molecule has 0 aromatic rings. The Hall–Kier alpha value is 0.0649. The molecule has 0 amide bonds. The molecule has 0 saturated heterocycles. The Bertz CT molecular complexity index is 109. The molecule has 0 N–H and O–H groups in total. The lowest BCUT2D eigenvalue weighted by atomic mass is 9.86. The van der Waals surface area contributed by atoms with E-state index < -0.39 is 0 Å². The smallest absolute Gasteiger partial charge is 0 e. The van der Waals surface area contributed by atoms with Crippen LogP contribution in [0.25, 0.3) is 0 Å². The van der Waals surface area contributed by atoms with Crippen molar-refractivity contribution in [3.8, 4) is 0 Å². The second kappa shape index (κ2) is 6.53. The van der Waals surface area contributed by atoms with Crippen molar-refractivity contribution in [3.05, 3.63) is 0 Å². The molecule has 0 saturated carbocycles. The minimum atomic E-state index is 0. The number of unbranched alkanes of at least 4 members (excludes halogenated alkanes) is 2. The molecule has 0 rings (SSSR count). The van der Waals surface area contributed by atoms with Crippen molar-refractivity contribution < 1.29 is 0 Å². The summed E-state index contributed by atoms with van der Waals surface area (Å²) in [4.78, 5) is 0. The van der Waals surface area contributed by atoms with Crippen LogP contribution in [0.5, 0.6) is 0 Å². The van der Waals surface area contributed by atoms with Crippen LogP contribution in [0.3, 0.4) is 0 Å². The van der Waals surface area contributed by atoms with Gasteiger partial charge < -0.3 is 0 Å². The summed E-state index contributed by atoms with van der Waals surface area (Å²) in [5.74, 6) is 0. The van der Waals surface area contributed by atoms with Gasteiger partial charge in [-0.25, -0.2) is 0 Å². The molecule has 14 heavy (non-hydrogen) atoms. The van der Waals surface area contributed by atoms with E-state index in [9.17, 15) is 0 Å². The molecule has 0 heterocycles. The second-order valence-corrected chi connectivity index (χ2v) is 6.68. The highest BCUT2D eigenvalue weighted by Gasteiger charge is 2.11. The van der Waals surface area contributed by atoms with Gasteiger partial charge in [-0.2, -0.15) is 0 Å². The summed E-state index contributed by atoms with van der Waals surface area (Å²) >= 11 is 0. The number of hydrogen-bond donors (Lipinski definition) is 0. The topological polar surface area (TPSA) is 0 Å². The zero-order valence-electron chi connectivity index (χ0n) is 11.1. The van der Waals surface area contributed by atoms with Gasteiger partial charge in [-0.05, 0) is 23.7 Å². The maximum absolute atomic E-state index is 2.33. The summed E-state index contributed by atoms with van der Waals surface area (Å²) in [5.41, 5.74) is 1.06. The minimum absolute atomic E-state index is 0. The molecule has 0 unspecified atom stereocenters. The van der Waals surface area contributed by atoms with Crippen molar-refractivity contribution in [2.24, 2.45) is 10.8 Å². The Morgan fingerprint density at radius 2 is 0.857 bits per heavy atom. The third-order valence-corrected chi connectivity index (χ3v) is 2.35. The minimum Gasteiger partial charge on any atom is -0.0602 e. The summed E-state index contributed by atoms with van der Waals surface area (Å²) in [7, 11) is 0. The van der Waals surface area contributed by atoms with Crippen LogP contribution in [0.2, 0.25) is 0 Å². The molecule has 0 bridgehead atoms. The van der Waals surface area contributed by atoms with Gasteiger partial charge in [0.25, 0.3) is 0 Å². The monoisotopic (exact) mass is 195 g/mol. The molecular formula is C13H28B. The maximum atomic E-state index is 2.33. The molecule has 0 aromatic carbocycles. The van der Waals surface area contributed by atoms with Gasteiger partial charge in [0.2, 0.25) is 0 Å². The largest absolute Gasteiger partial charge is 0.0602 e. The van der Waals surface area contributed by atoms with Gasteiger partial charge in [-0.15, -0.1) is 0 Å². The molecule has 0 aliphatic carbocycles. The fraction of sp³-hybridized carbons (Fsp3) is 1.00. The van der Waals surface area contributed by atoms with Gasteiger partial charge in [0.05, 0.1) is 0 Å². The van der Waals surface area contributed by atoms with Crippen LogP contribution in [0.1, 0.15) is 73.6 Å². The predicted molar refractivity (Wildman–Crippen MR) is 67.7 cm³/mol. The van der Waals surface area contributed by atoms with E-state index in [0.717, 1.165) is 0 Å². The standard InChI is InChI=1S/C13H28.B/c1-12(2,3)10-8-7-9-11-13(4,5)6;/h7-11H2,1-6H3;. The first-order valence-corrected chi connectivity index (χ1v) is 5.71. The molecule has 0 nitrogen and oxygen atoms in total. The molecule has 0 aliphatic heterocycles. The third-order valence-electron chi connectivity index (χ3n) is 2.35. The van der Waals surface area contributed by atoms with E-state index in [4.69, 9.17) is 0 Å². The predicted octanol–water partition coefficient (Wildman–Crippen LogP) is 4.65. The summed E-state index contributed by atoms with van der Waals surface area (Å²) in [6, 6.07) is 0. The Morgan fingerprint density at radius 3 is 1.07 bits per heavy atom. The van der Waals surface area contributed by atoms with E-state index in [1.807, 2.05) is 0 Å². The number of hydrogen-bond acceptors (Lipinski definition) is 0. The third kappa shape index (κ3) is 14.6. The van der Waals surface area contributed by atoms with Gasteiger partial charge in [0.1, 0.15) is 0 Å². The number of rotatable bonds is 4. The lowest BCUT2D eigenvalue weighted by molar-refractivity contribution is 0.330. The van der Waals surface area contributed by atoms with E-state index in [0.29, 0.717) is 10.8 Å². The Balaban J connectivity index is 0. The summed E-state index contributed by atoms with van der Waals surface area (Å²) in [6.45, 7) is 14.0. The highest BCUT2D eigenvalue weighted by atomic mass is 14.2. The van der Waals surface area contributed by atoms with Crippen LogP contribution < -0.4 is 0 Å². The first kappa shape index (κ1) is 16.5. The molecule has 0 atom stereocenters. The SMILES string of the molecule is CC(C)(C)CCCCCC(C)(C)C.[B]. The zero-order chi connectivity index (χ0) is 10.5. The fourth-order valence-corrected chi connectivity index (χ4v) is 1.49.